The first kappa shape index (κ1) is 12.4. The number of hydrogen-bond donors (Lipinski definition) is 1. The molecule has 0 aromatic heterocycles. The Morgan fingerprint density at radius 1 is 1.24 bits per heavy atom. The number of nitrogens with one attached hydrogen (secondary N) is 1. The van der Waals surface area contributed by atoms with Crippen LogP contribution in [0.5, 0.6) is 0 Å². The molecule has 2 unspecified atom stereocenters. The monoisotopic (exact) mass is 232 g/mol. The van der Waals surface area contributed by atoms with Gasteiger partial charge in [-0.2, -0.15) is 0 Å². The van der Waals surface area contributed by atoms with Gasteiger partial charge in [0.05, 0.1) is 0 Å². The van der Waals surface area contributed by atoms with Gasteiger partial charge in [-0.15, -0.1) is 0 Å². The molecule has 1 aliphatic carbocycles. The number of hydrogen-bond acceptors (Lipinski definition) is 2. The molecular formula is C15H24N2. The lowest BCUT2D eigenvalue weighted by molar-refractivity contribution is 0.596. The van der Waals surface area contributed by atoms with Crippen molar-refractivity contribution < 1.29 is 0 Å². The molecule has 0 spiro atoms. The lowest BCUT2D eigenvalue weighted by Gasteiger charge is -2.30. The third-order valence-electron chi connectivity index (χ3n) is 4.13. The van der Waals surface area contributed by atoms with Crippen LogP contribution in [-0.4, -0.2) is 20.1 Å². The van der Waals surface area contributed by atoms with Gasteiger partial charge in [0, 0.05) is 24.8 Å². The molecule has 1 aromatic carbocycles. The molecule has 0 aliphatic heterocycles. The van der Waals surface area contributed by atoms with E-state index >= 15 is 0 Å². The van der Waals surface area contributed by atoms with Gasteiger partial charge in [0.15, 0.2) is 0 Å². The Hall–Kier alpha value is -1.02. The molecule has 0 saturated heterocycles. The van der Waals surface area contributed by atoms with Crippen molar-refractivity contribution >= 4 is 5.69 Å². The largest absolute Gasteiger partial charge is 0.371 e. The number of rotatable bonds is 5. The summed E-state index contributed by atoms with van der Waals surface area (Å²) in [6.07, 6.45) is 2.80. The molecule has 2 heteroatoms. The standard InChI is InChI=1S/C15H24N2/c1-11(16-3)14-7-5-6-8-15(14)17(4)12(2)13-9-10-13/h5-8,11-13,16H,9-10H2,1-4H3. The second-order valence-corrected chi connectivity index (χ2v) is 5.26. The maximum atomic E-state index is 3.33. The molecule has 1 saturated carbocycles. The summed E-state index contributed by atoms with van der Waals surface area (Å²) >= 11 is 0. The average molecular weight is 232 g/mol. The van der Waals surface area contributed by atoms with Crippen LogP contribution >= 0.6 is 0 Å². The van der Waals surface area contributed by atoms with Gasteiger partial charge in [0.25, 0.3) is 0 Å². The molecule has 0 bridgehead atoms. The number of benzene rings is 1. The van der Waals surface area contributed by atoms with Crippen molar-refractivity contribution in [1.29, 1.82) is 0 Å². The van der Waals surface area contributed by atoms with E-state index in [0.29, 0.717) is 12.1 Å². The van der Waals surface area contributed by atoms with Crippen LogP contribution in [0.15, 0.2) is 24.3 Å². The van der Waals surface area contributed by atoms with Crippen LogP contribution in [0.2, 0.25) is 0 Å². The van der Waals surface area contributed by atoms with Gasteiger partial charge in [0.2, 0.25) is 0 Å². The molecule has 0 radical (unpaired) electrons. The van der Waals surface area contributed by atoms with E-state index in [1.165, 1.54) is 24.1 Å². The first-order chi connectivity index (χ1) is 8.15. The molecule has 1 aromatic rings. The van der Waals surface area contributed by atoms with Crippen molar-refractivity contribution in [2.24, 2.45) is 5.92 Å². The van der Waals surface area contributed by atoms with Crippen molar-refractivity contribution in [2.75, 3.05) is 19.0 Å². The van der Waals surface area contributed by atoms with Gasteiger partial charge in [-0.3, -0.25) is 0 Å². The van der Waals surface area contributed by atoms with Gasteiger partial charge in [-0.1, -0.05) is 18.2 Å². The molecule has 1 fully saturated rings. The first-order valence-electron chi connectivity index (χ1n) is 6.64. The van der Waals surface area contributed by atoms with E-state index < -0.39 is 0 Å². The number of para-hydroxylation sites is 1. The Morgan fingerprint density at radius 2 is 1.88 bits per heavy atom. The van der Waals surface area contributed by atoms with E-state index in [4.69, 9.17) is 0 Å². The third kappa shape index (κ3) is 2.63. The minimum absolute atomic E-state index is 0.403. The van der Waals surface area contributed by atoms with Crippen LogP contribution < -0.4 is 10.2 Å². The molecular weight excluding hydrogens is 208 g/mol. The highest BCUT2D eigenvalue weighted by Gasteiger charge is 2.31. The van der Waals surface area contributed by atoms with E-state index in [1.807, 2.05) is 7.05 Å². The molecule has 1 aliphatic rings. The molecule has 1 N–H and O–H groups in total. The van der Waals surface area contributed by atoms with E-state index in [0.717, 1.165) is 5.92 Å². The second kappa shape index (κ2) is 5.09. The summed E-state index contributed by atoms with van der Waals surface area (Å²) in [7, 11) is 4.25. The Morgan fingerprint density at radius 3 is 2.47 bits per heavy atom. The summed E-state index contributed by atoms with van der Waals surface area (Å²) in [4.78, 5) is 2.45. The van der Waals surface area contributed by atoms with Gasteiger partial charge in [0.1, 0.15) is 0 Å². The highest BCUT2D eigenvalue weighted by Crippen LogP contribution is 2.37. The summed E-state index contributed by atoms with van der Waals surface area (Å²) in [6.45, 7) is 4.56. The number of nitrogens with zero attached hydrogens (tertiary/aromatic N) is 1. The van der Waals surface area contributed by atoms with E-state index in [2.05, 4.69) is 55.4 Å². The summed E-state index contributed by atoms with van der Waals surface area (Å²) in [5, 5.41) is 3.33. The second-order valence-electron chi connectivity index (χ2n) is 5.26. The normalized spacial score (nSPS) is 18.8. The van der Waals surface area contributed by atoms with Crippen molar-refractivity contribution in [1.82, 2.24) is 5.32 Å². The third-order valence-corrected chi connectivity index (χ3v) is 4.13. The van der Waals surface area contributed by atoms with Gasteiger partial charge in [-0.25, -0.2) is 0 Å². The molecule has 2 nitrogen and oxygen atoms in total. The first-order valence-corrected chi connectivity index (χ1v) is 6.64. The van der Waals surface area contributed by atoms with Crippen molar-refractivity contribution in [3.63, 3.8) is 0 Å². The molecule has 94 valence electrons. The zero-order chi connectivity index (χ0) is 12.4. The summed E-state index contributed by atoms with van der Waals surface area (Å²) in [5.41, 5.74) is 2.76. The fourth-order valence-corrected chi connectivity index (χ4v) is 2.44. The average Bonchev–Trinajstić information content (AvgIpc) is 3.20. The minimum atomic E-state index is 0.403. The molecule has 17 heavy (non-hydrogen) atoms. The van der Waals surface area contributed by atoms with Crippen LogP contribution in [0.1, 0.15) is 38.3 Å². The fourth-order valence-electron chi connectivity index (χ4n) is 2.44. The number of anilines is 1. The molecule has 0 heterocycles. The predicted molar refractivity (Wildman–Crippen MR) is 74.5 cm³/mol. The molecule has 2 rings (SSSR count). The topological polar surface area (TPSA) is 15.3 Å². The SMILES string of the molecule is CNC(C)c1ccccc1N(C)C(C)C1CC1. The Kier molecular flexibility index (Phi) is 3.72. The van der Waals surface area contributed by atoms with Crippen LogP contribution in [0.25, 0.3) is 0 Å². The summed E-state index contributed by atoms with van der Waals surface area (Å²) in [5.74, 6) is 0.901. The zero-order valence-corrected chi connectivity index (χ0v) is 11.4. The van der Waals surface area contributed by atoms with Crippen LogP contribution in [0.3, 0.4) is 0 Å². The Bertz CT molecular complexity index is 371. The van der Waals surface area contributed by atoms with E-state index in [9.17, 15) is 0 Å². The van der Waals surface area contributed by atoms with Crippen molar-refractivity contribution in [3.8, 4) is 0 Å². The Labute approximate surface area is 105 Å². The van der Waals surface area contributed by atoms with E-state index in [-0.39, 0.29) is 0 Å². The zero-order valence-electron chi connectivity index (χ0n) is 11.4. The van der Waals surface area contributed by atoms with Gasteiger partial charge >= 0.3 is 0 Å². The van der Waals surface area contributed by atoms with Crippen molar-refractivity contribution in [3.05, 3.63) is 29.8 Å². The highest BCUT2D eigenvalue weighted by molar-refractivity contribution is 5.55. The highest BCUT2D eigenvalue weighted by atomic mass is 15.1. The quantitative estimate of drug-likeness (QED) is 0.838. The lowest BCUT2D eigenvalue weighted by atomic mass is 10.0. The van der Waals surface area contributed by atoms with Gasteiger partial charge < -0.3 is 10.2 Å². The smallest absolute Gasteiger partial charge is 0.0414 e. The molecule has 0 amide bonds. The van der Waals surface area contributed by atoms with Gasteiger partial charge in [-0.05, 0) is 51.3 Å². The molecule has 2 atom stereocenters. The van der Waals surface area contributed by atoms with Crippen LogP contribution in [-0.2, 0) is 0 Å². The van der Waals surface area contributed by atoms with Crippen molar-refractivity contribution in [2.45, 2.75) is 38.8 Å². The minimum Gasteiger partial charge on any atom is -0.371 e. The van der Waals surface area contributed by atoms with Crippen LogP contribution in [0.4, 0.5) is 5.69 Å². The maximum Gasteiger partial charge on any atom is 0.0414 e. The predicted octanol–water partition coefficient (Wildman–Crippen LogP) is 3.20. The van der Waals surface area contributed by atoms with E-state index in [1.54, 1.807) is 0 Å². The van der Waals surface area contributed by atoms with Crippen LogP contribution in [0, 0.1) is 5.92 Å². The summed E-state index contributed by atoms with van der Waals surface area (Å²) < 4.78 is 0. The fraction of sp³-hybridized carbons (Fsp3) is 0.600. The lowest BCUT2D eigenvalue weighted by Crippen LogP contribution is -2.32. The Balaban J connectivity index is 2.23. The maximum absolute atomic E-state index is 3.33. The summed E-state index contributed by atoms with van der Waals surface area (Å²) in [6, 6.07) is 9.79.